The quantitative estimate of drug-likeness (QED) is 0.343. The van der Waals surface area contributed by atoms with E-state index in [2.05, 4.69) is 15.2 Å². The van der Waals surface area contributed by atoms with Crippen molar-refractivity contribution in [3.05, 3.63) is 10.1 Å². The molecule has 0 atom stereocenters. The summed E-state index contributed by atoms with van der Waals surface area (Å²) >= 11 is 0. The first-order chi connectivity index (χ1) is 4.29. The highest BCUT2D eigenvalue weighted by Gasteiger charge is 2.13. The summed E-state index contributed by atoms with van der Waals surface area (Å²) in [5, 5.41) is 15.2. The van der Waals surface area contributed by atoms with Crippen LogP contribution in [0.2, 0.25) is 0 Å². The molecule has 6 nitrogen and oxygen atoms in total. The van der Waals surface area contributed by atoms with Crippen molar-refractivity contribution in [2.45, 2.75) is 0 Å². The summed E-state index contributed by atoms with van der Waals surface area (Å²) in [5.74, 6) is 0. The van der Waals surface area contributed by atoms with Crippen molar-refractivity contribution >= 4 is 6.02 Å². The average molecular weight is 130 g/mol. The molecule has 6 heteroatoms. The van der Waals surface area contributed by atoms with E-state index >= 15 is 0 Å². The van der Waals surface area contributed by atoms with Crippen LogP contribution >= 0.6 is 0 Å². The lowest BCUT2D eigenvalue weighted by molar-refractivity contribution is -0.486. The normalized spacial score (nSPS) is 21.1. The highest BCUT2D eigenvalue weighted by molar-refractivity contribution is 5.73. The Hall–Kier alpha value is -1.33. The zero-order valence-corrected chi connectivity index (χ0v) is 4.48. The maximum atomic E-state index is 9.63. The van der Waals surface area contributed by atoms with Gasteiger partial charge >= 0.3 is 6.02 Å². The van der Waals surface area contributed by atoms with E-state index in [0.29, 0.717) is 13.2 Å². The molecule has 1 radical (unpaired) electrons. The Balaban J connectivity index is 2.49. The standard InChI is InChI=1S/C3H4N3O3/c7-6(8)5-3-4-1-2-9-3/h1-2H2. The van der Waals surface area contributed by atoms with Crippen LogP contribution in [-0.4, -0.2) is 24.2 Å². The van der Waals surface area contributed by atoms with Gasteiger partial charge in [0.25, 0.3) is 0 Å². The fourth-order valence-electron chi connectivity index (χ4n) is 0.454. The molecule has 0 amide bonds. The van der Waals surface area contributed by atoms with Gasteiger partial charge in [0.2, 0.25) is 0 Å². The van der Waals surface area contributed by atoms with E-state index in [9.17, 15) is 10.1 Å². The smallest absolute Gasteiger partial charge is 0.381 e. The van der Waals surface area contributed by atoms with Crippen LogP contribution in [0.15, 0.2) is 5.10 Å². The third kappa shape index (κ3) is 1.56. The van der Waals surface area contributed by atoms with Crippen molar-refractivity contribution in [1.29, 1.82) is 0 Å². The predicted molar refractivity (Wildman–Crippen MR) is 27.4 cm³/mol. The van der Waals surface area contributed by atoms with Gasteiger partial charge in [-0.15, -0.1) is 0 Å². The number of amidine groups is 1. The minimum atomic E-state index is -0.829. The monoisotopic (exact) mass is 130 g/mol. The van der Waals surface area contributed by atoms with Gasteiger partial charge < -0.3 is 4.74 Å². The third-order valence-electron chi connectivity index (χ3n) is 0.737. The van der Waals surface area contributed by atoms with Crippen LogP contribution in [-0.2, 0) is 4.74 Å². The summed E-state index contributed by atoms with van der Waals surface area (Å²) in [6.45, 7) is 0.860. The summed E-state index contributed by atoms with van der Waals surface area (Å²) in [4.78, 5) is 9.63. The fraction of sp³-hybridized carbons (Fsp3) is 0.667. The lowest BCUT2D eigenvalue weighted by Crippen LogP contribution is -2.09. The second kappa shape index (κ2) is 2.29. The van der Waals surface area contributed by atoms with Crippen LogP contribution in [0.4, 0.5) is 0 Å². The Morgan fingerprint density at radius 3 is 3.11 bits per heavy atom. The van der Waals surface area contributed by atoms with Crippen LogP contribution in [0.25, 0.3) is 0 Å². The molecule has 1 heterocycles. The maximum Gasteiger partial charge on any atom is 0.381 e. The molecule has 1 aliphatic rings. The molecule has 1 rings (SSSR count). The Bertz CT molecular complexity index is 146. The molecule has 1 saturated heterocycles. The van der Waals surface area contributed by atoms with Gasteiger partial charge in [0.1, 0.15) is 11.7 Å². The lowest BCUT2D eigenvalue weighted by Gasteiger charge is -1.84. The van der Waals surface area contributed by atoms with E-state index in [1.165, 1.54) is 0 Å². The van der Waals surface area contributed by atoms with Crippen LogP contribution in [0, 0.1) is 10.1 Å². The highest BCUT2D eigenvalue weighted by Crippen LogP contribution is 1.89. The third-order valence-corrected chi connectivity index (χ3v) is 0.737. The molecule has 9 heavy (non-hydrogen) atoms. The Morgan fingerprint density at radius 2 is 2.67 bits per heavy atom. The Morgan fingerprint density at radius 1 is 1.89 bits per heavy atom. The fourth-order valence-corrected chi connectivity index (χ4v) is 0.454. The molecule has 0 aromatic carbocycles. The van der Waals surface area contributed by atoms with Crippen molar-refractivity contribution in [3.8, 4) is 0 Å². The van der Waals surface area contributed by atoms with Gasteiger partial charge in [0.15, 0.2) is 5.03 Å². The predicted octanol–water partition coefficient (Wildman–Crippen LogP) is -0.831. The topological polar surface area (TPSA) is 78.8 Å². The van der Waals surface area contributed by atoms with Gasteiger partial charge in [-0.1, -0.05) is 0 Å². The highest BCUT2D eigenvalue weighted by atomic mass is 16.7. The lowest BCUT2D eigenvalue weighted by atomic mass is 10.7. The Kier molecular flexibility index (Phi) is 1.48. The molecule has 0 aromatic heterocycles. The van der Waals surface area contributed by atoms with Gasteiger partial charge in [0.05, 0.1) is 6.54 Å². The van der Waals surface area contributed by atoms with E-state index in [4.69, 9.17) is 0 Å². The van der Waals surface area contributed by atoms with E-state index in [1.807, 2.05) is 0 Å². The molecule has 0 saturated carbocycles. The number of nitrogens with zero attached hydrogens (tertiary/aromatic N) is 3. The van der Waals surface area contributed by atoms with Gasteiger partial charge in [-0.2, -0.15) is 0 Å². The molecular formula is C3H4N3O3. The summed E-state index contributed by atoms with van der Waals surface area (Å²) in [5.41, 5.74) is 0. The first-order valence-corrected chi connectivity index (χ1v) is 2.32. The van der Waals surface area contributed by atoms with Gasteiger partial charge in [-0.3, -0.25) is 0 Å². The van der Waals surface area contributed by atoms with Crippen LogP contribution in [0.5, 0.6) is 0 Å². The summed E-state index contributed by atoms with van der Waals surface area (Å²) in [6.07, 6.45) is 0. The summed E-state index contributed by atoms with van der Waals surface area (Å²) < 4.78 is 4.61. The van der Waals surface area contributed by atoms with Crippen molar-refractivity contribution in [1.82, 2.24) is 5.32 Å². The molecule has 1 fully saturated rings. The van der Waals surface area contributed by atoms with Crippen molar-refractivity contribution < 1.29 is 9.77 Å². The SMILES string of the molecule is O=[N+]([O-])N=C1[N]CCO1. The summed E-state index contributed by atoms with van der Waals surface area (Å²) in [6, 6.07) is -0.125. The maximum absolute atomic E-state index is 9.63. The number of hydrazone groups is 1. The molecule has 1 aliphatic heterocycles. The minimum absolute atomic E-state index is 0.125. The first-order valence-electron chi connectivity index (χ1n) is 2.32. The number of hydrogen-bond acceptors (Lipinski definition) is 3. The van der Waals surface area contributed by atoms with Gasteiger partial charge in [-0.25, -0.2) is 15.4 Å². The number of nitro groups is 1. The number of rotatable bonds is 1. The average Bonchev–Trinajstić information content (AvgIpc) is 2.15. The molecule has 0 bridgehead atoms. The van der Waals surface area contributed by atoms with E-state index < -0.39 is 5.03 Å². The second-order valence-electron chi connectivity index (χ2n) is 1.35. The summed E-state index contributed by atoms with van der Waals surface area (Å²) in [7, 11) is 0. The number of ether oxygens (including phenoxy) is 1. The van der Waals surface area contributed by atoms with Gasteiger partial charge in [0, 0.05) is 0 Å². The molecule has 0 aliphatic carbocycles. The van der Waals surface area contributed by atoms with E-state index in [-0.39, 0.29) is 6.02 Å². The molecule has 49 valence electrons. The molecule has 0 unspecified atom stereocenters. The van der Waals surface area contributed by atoms with Gasteiger partial charge in [-0.05, 0) is 0 Å². The van der Waals surface area contributed by atoms with E-state index in [0.717, 1.165) is 0 Å². The first kappa shape index (κ1) is 5.80. The zero-order chi connectivity index (χ0) is 6.69. The van der Waals surface area contributed by atoms with Crippen molar-refractivity contribution in [2.24, 2.45) is 5.10 Å². The largest absolute Gasteiger partial charge is 0.458 e. The number of hydrogen-bond donors (Lipinski definition) is 0. The molecule has 0 spiro atoms. The van der Waals surface area contributed by atoms with Crippen LogP contribution < -0.4 is 5.32 Å². The van der Waals surface area contributed by atoms with Crippen molar-refractivity contribution in [2.75, 3.05) is 13.2 Å². The Labute approximate surface area is 50.6 Å². The van der Waals surface area contributed by atoms with E-state index in [1.54, 1.807) is 0 Å². The van der Waals surface area contributed by atoms with Crippen LogP contribution in [0.1, 0.15) is 0 Å². The zero-order valence-electron chi connectivity index (χ0n) is 4.48. The second-order valence-corrected chi connectivity index (χ2v) is 1.35. The minimum Gasteiger partial charge on any atom is -0.458 e. The molecular weight excluding hydrogens is 126 g/mol. The van der Waals surface area contributed by atoms with Crippen LogP contribution in [0.3, 0.4) is 0 Å². The molecule has 0 aromatic rings. The molecule has 0 N–H and O–H groups in total. The van der Waals surface area contributed by atoms with Crippen molar-refractivity contribution in [3.63, 3.8) is 0 Å².